The molecule has 0 amide bonds. The molecule has 1 heterocycles. The smallest absolute Gasteiger partial charge is 0.0727 e. The predicted molar refractivity (Wildman–Crippen MR) is 45.9 cm³/mol. The van der Waals surface area contributed by atoms with E-state index in [9.17, 15) is 10.2 Å². The van der Waals surface area contributed by atoms with Crippen LogP contribution < -0.4 is 5.32 Å². The highest BCUT2D eigenvalue weighted by Gasteiger charge is 2.67. The average Bonchev–Trinajstić information content (AvgIpc) is 2.60. The monoisotopic (exact) mass is 181 g/mol. The lowest BCUT2D eigenvalue weighted by atomic mass is 9.76. The van der Waals surface area contributed by atoms with E-state index in [0.29, 0.717) is 29.7 Å². The molecule has 1 aliphatic heterocycles. The molecule has 3 N–H and O–H groups in total. The summed E-state index contributed by atoms with van der Waals surface area (Å²) >= 11 is 0. The van der Waals surface area contributed by atoms with Crippen LogP contribution in [0.4, 0.5) is 0 Å². The van der Waals surface area contributed by atoms with Gasteiger partial charge in [0.1, 0.15) is 0 Å². The van der Waals surface area contributed by atoms with Crippen molar-refractivity contribution in [3.05, 3.63) is 0 Å². The summed E-state index contributed by atoms with van der Waals surface area (Å²) in [5.41, 5.74) is 0. The molecule has 72 valence electrons. The number of aliphatic hydroxyl groups excluding tert-OH is 2. The summed E-state index contributed by atoms with van der Waals surface area (Å²) in [7, 11) is 0. The molecule has 3 heteroatoms. The van der Waals surface area contributed by atoms with Crippen LogP contribution in [0.2, 0.25) is 0 Å². The number of piperidine rings is 1. The van der Waals surface area contributed by atoms with Crippen LogP contribution in [0.15, 0.2) is 0 Å². The molecule has 8 atom stereocenters. The average molecular weight is 181 g/mol. The zero-order valence-corrected chi connectivity index (χ0v) is 7.43. The first-order valence-corrected chi connectivity index (χ1v) is 5.39. The van der Waals surface area contributed by atoms with Crippen LogP contribution in [0, 0.1) is 23.7 Å². The number of aliphatic hydroxyl groups is 2. The molecule has 3 aliphatic carbocycles. The van der Waals surface area contributed by atoms with Crippen molar-refractivity contribution >= 4 is 0 Å². The van der Waals surface area contributed by atoms with Crippen molar-refractivity contribution in [1.82, 2.24) is 5.32 Å². The number of hydrogen-bond donors (Lipinski definition) is 3. The summed E-state index contributed by atoms with van der Waals surface area (Å²) < 4.78 is 0. The third-order valence-electron chi connectivity index (χ3n) is 5.09. The van der Waals surface area contributed by atoms with Crippen LogP contribution in [0.5, 0.6) is 0 Å². The molecule has 0 aromatic heterocycles. The Morgan fingerprint density at radius 2 is 1.77 bits per heavy atom. The normalized spacial score (nSPS) is 72.5. The molecular weight excluding hydrogens is 166 g/mol. The van der Waals surface area contributed by atoms with E-state index < -0.39 is 0 Å². The summed E-state index contributed by atoms with van der Waals surface area (Å²) in [4.78, 5) is 0. The van der Waals surface area contributed by atoms with Gasteiger partial charge >= 0.3 is 0 Å². The summed E-state index contributed by atoms with van der Waals surface area (Å²) in [5.74, 6) is 2.20. The van der Waals surface area contributed by atoms with Gasteiger partial charge in [0.25, 0.3) is 0 Å². The molecule has 3 saturated carbocycles. The van der Waals surface area contributed by atoms with Crippen LogP contribution in [0.25, 0.3) is 0 Å². The van der Waals surface area contributed by atoms with Crippen molar-refractivity contribution < 1.29 is 10.2 Å². The van der Waals surface area contributed by atoms with E-state index in [1.165, 1.54) is 0 Å². The lowest BCUT2D eigenvalue weighted by molar-refractivity contribution is -0.0276. The minimum atomic E-state index is -0.122. The Morgan fingerprint density at radius 3 is 2.62 bits per heavy atom. The molecule has 0 unspecified atom stereocenters. The van der Waals surface area contributed by atoms with E-state index >= 15 is 0 Å². The quantitative estimate of drug-likeness (QED) is 0.465. The van der Waals surface area contributed by atoms with Crippen molar-refractivity contribution in [3.63, 3.8) is 0 Å². The van der Waals surface area contributed by atoms with Gasteiger partial charge < -0.3 is 15.5 Å². The number of nitrogens with one attached hydrogen (secondary N) is 1. The molecule has 4 rings (SSSR count). The molecule has 4 bridgehead atoms. The fourth-order valence-electron chi connectivity index (χ4n) is 4.72. The zero-order valence-electron chi connectivity index (χ0n) is 7.43. The summed E-state index contributed by atoms with van der Waals surface area (Å²) in [6.07, 6.45) is 2.01. The molecule has 0 spiro atoms. The van der Waals surface area contributed by atoms with Gasteiger partial charge in [0.2, 0.25) is 0 Å². The Hall–Kier alpha value is -0.120. The van der Waals surface area contributed by atoms with Gasteiger partial charge in [-0.25, -0.2) is 0 Å². The lowest BCUT2D eigenvalue weighted by Gasteiger charge is -2.41. The third kappa shape index (κ3) is 0.602. The van der Waals surface area contributed by atoms with Crippen molar-refractivity contribution in [2.24, 2.45) is 23.7 Å². The Balaban J connectivity index is 1.85. The number of hydrogen-bond acceptors (Lipinski definition) is 3. The van der Waals surface area contributed by atoms with Gasteiger partial charge in [0.05, 0.1) is 12.2 Å². The highest BCUT2D eigenvalue weighted by Crippen LogP contribution is 2.61. The number of fused-ring (bicyclic) bond motifs is 3. The summed E-state index contributed by atoms with van der Waals surface area (Å²) in [5, 5.41) is 23.4. The van der Waals surface area contributed by atoms with Crippen molar-refractivity contribution in [1.29, 1.82) is 0 Å². The first-order chi connectivity index (χ1) is 6.27. The SMILES string of the molecule is O[C@@H]1[C@@H]2C[C@@H]3[C@@H]1N[C@@H]1C[C@@H]2[C@@H]3[C@@H]1O. The summed E-state index contributed by atoms with van der Waals surface area (Å²) in [6, 6.07) is 0.596. The van der Waals surface area contributed by atoms with Gasteiger partial charge in [-0.3, -0.25) is 0 Å². The molecule has 4 fully saturated rings. The number of rotatable bonds is 0. The van der Waals surface area contributed by atoms with E-state index in [4.69, 9.17) is 0 Å². The zero-order chi connectivity index (χ0) is 8.74. The van der Waals surface area contributed by atoms with Crippen molar-refractivity contribution in [3.8, 4) is 0 Å². The van der Waals surface area contributed by atoms with Crippen molar-refractivity contribution in [2.45, 2.75) is 37.1 Å². The van der Waals surface area contributed by atoms with Gasteiger partial charge in [-0.15, -0.1) is 0 Å². The Kier molecular flexibility index (Phi) is 1.08. The minimum Gasteiger partial charge on any atom is -0.391 e. The fraction of sp³-hybridized carbons (Fsp3) is 1.00. The maximum absolute atomic E-state index is 9.97. The Labute approximate surface area is 77.1 Å². The molecule has 0 aromatic carbocycles. The molecule has 0 aromatic rings. The maximum Gasteiger partial charge on any atom is 0.0727 e. The molecule has 4 aliphatic rings. The molecule has 13 heavy (non-hydrogen) atoms. The van der Waals surface area contributed by atoms with Gasteiger partial charge in [-0.1, -0.05) is 0 Å². The van der Waals surface area contributed by atoms with Gasteiger partial charge in [-0.2, -0.15) is 0 Å². The van der Waals surface area contributed by atoms with E-state index in [0.717, 1.165) is 12.8 Å². The second-order valence-electron chi connectivity index (χ2n) is 5.32. The maximum atomic E-state index is 9.97. The van der Waals surface area contributed by atoms with Crippen LogP contribution >= 0.6 is 0 Å². The first-order valence-electron chi connectivity index (χ1n) is 5.39. The predicted octanol–water partition coefficient (Wildman–Crippen LogP) is -0.666. The highest BCUT2D eigenvalue weighted by molar-refractivity contribution is 5.20. The standard InChI is InChI=1S/C10H15NO2/c12-9-4-1-5-7-3(4)2-6(10(7)13)11-8(5)9/h3-13H,1-2H2/t3-,4+,5-,6+,7-,8-,9+,10+/m0/s1. The van der Waals surface area contributed by atoms with E-state index in [2.05, 4.69) is 5.32 Å². The third-order valence-corrected chi connectivity index (χ3v) is 5.09. The largest absolute Gasteiger partial charge is 0.391 e. The second-order valence-corrected chi connectivity index (χ2v) is 5.32. The molecular formula is C10H15NO2. The Bertz CT molecular complexity index is 262. The molecule has 0 radical (unpaired) electrons. The van der Waals surface area contributed by atoms with Gasteiger partial charge in [0, 0.05) is 12.1 Å². The molecule has 1 saturated heterocycles. The van der Waals surface area contributed by atoms with E-state index in [1.54, 1.807) is 0 Å². The molecule has 3 nitrogen and oxygen atoms in total. The van der Waals surface area contributed by atoms with Crippen LogP contribution in [0.1, 0.15) is 12.8 Å². The van der Waals surface area contributed by atoms with Crippen molar-refractivity contribution in [2.75, 3.05) is 0 Å². The summed E-state index contributed by atoms with van der Waals surface area (Å²) in [6.45, 7) is 0. The van der Waals surface area contributed by atoms with Gasteiger partial charge in [-0.05, 0) is 36.5 Å². The lowest BCUT2D eigenvalue weighted by Crippen LogP contribution is -2.58. The highest BCUT2D eigenvalue weighted by atomic mass is 16.3. The van der Waals surface area contributed by atoms with Gasteiger partial charge in [0.15, 0.2) is 0 Å². The van der Waals surface area contributed by atoms with E-state index in [-0.39, 0.29) is 18.2 Å². The fourth-order valence-corrected chi connectivity index (χ4v) is 4.72. The van der Waals surface area contributed by atoms with Crippen LogP contribution in [0.3, 0.4) is 0 Å². The second kappa shape index (κ2) is 1.95. The van der Waals surface area contributed by atoms with E-state index in [1.807, 2.05) is 0 Å². The first kappa shape index (κ1) is 7.21. The van der Waals surface area contributed by atoms with Crippen LogP contribution in [-0.2, 0) is 0 Å². The van der Waals surface area contributed by atoms with Crippen LogP contribution in [-0.4, -0.2) is 34.5 Å². The minimum absolute atomic E-state index is 0.122. The Morgan fingerprint density at radius 1 is 0.923 bits per heavy atom. The topological polar surface area (TPSA) is 52.5 Å².